The Morgan fingerprint density at radius 1 is 1.08 bits per heavy atom. The normalized spacial score (nSPS) is 10.9. The second kappa shape index (κ2) is 7.97. The maximum Gasteiger partial charge on any atom is 0.270 e. The monoisotopic (exact) mass is 348 g/mol. The number of rotatable bonds is 6. The lowest BCUT2D eigenvalue weighted by Crippen LogP contribution is -2.32. The first kappa shape index (κ1) is 17.9. The molecule has 134 valence electrons. The quantitative estimate of drug-likeness (QED) is 0.744. The highest BCUT2D eigenvalue weighted by atomic mass is 16.2. The molecule has 0 fully saturated rings. The van der Waals surface area contributed by atoms with E-state index in [4.69, 9.17) is 5.10 Å². The molecule has 1 amide bonds. The minimum Gasteiger partial charge on any atom is -0.349 e. The Morgan fingerprint density at radius 2 is 1.77 bits per heavy atom. The fourth-order valence-corrected chi connectivity index (χ4v) is 2.66. The van der Waals surface area contributed by atoms with Crippen molar-refractivity contribution in [3.8, 4) is 16.9 Å². The van der Waals surface area contributed by atoms with Crippen LogP contribution in [0.15, 0.2) is 60.7 Å². The predicted molar refractivity (Wildman–Crippen MR) is 105 cm³/mol. The molecule has 0 aliphatic heterocycles. The molecule has 0 radical (unpaired) electrons. The van der Waals surface area contributed by atoms with Crippen LogP contribution in [0.1, 0.15) is 16.1 Å². The van der Waals surface area contributed by atoms with Gasteiger partial charge in [-0.05, 0) is 39.2 Å². The average molecular weight is 348 g/mol. The number of nitrogens with zero attached hydrogens (tertiary/aromatic N) is 3. The van der Waals surface area contributed by atoms with E-state index in [2.05, 4.69) is 5.32 Å². The van der Waals surface area contributed by atoms with Gasteiger partial charge in [0.15, 0.2) is 0 Å². The SMILES string of the molecule is Cc1ccc(-n2nc(-c3ccccc3)cc2C(=O)NCCN(C)C)cc1. The molecule has 26 heavy (non-hydrogen) atoms. The molecule has 5 heteroatoms. The van der Waals surface area contributed by atoms with Crippen molar-refractivity contribution in [1.29, 1.82) is 0 Å². The predicted octanol–water partition coefficient (Wildman–Crippen LogP) is 3.14. The second-order valence-corrected chi connectivity index (χ2v) is 6.59. The maximum absolute atomic E-state index is 12.7. The van der Waals surface area contributed by atoms with Crippen molar-refractivity contribution in [3.05, 3.63) is 71.9 Å². The van der Waals surface area contributed by atoms with Crippen molar-refractivity contribution in [1.82, 2.24) is 20.0 Å². The van der Waals surface area contributed by atoms with Gasteiger partial charge in [0.25, 0.3) is 5.91 Å². The van der Waals surface area contributed by atoms with E-state index in [-0.39, 0.29) is 5.91 Å². The van der Waals surface area contributed by atoms with Gasteiger partial charge in [0.05, 0.1) is 11.4 Å². The molecule has 0 spiro atoms. The third kappa shape index (κ3) is 4.18. The third-order valence-electron chi connectivity index (χ3n) is 4.13. The zero-order valence-corrected chi connectivity index (χ0v) is 15.4. The molecule has 1 heterocycles. The highest BCUT2D eigenvalue weighted by molar-refractivity contribution is 5.94. The van der Waals surface area contributed by atoms with Gasteiger partial charge in [-0.2, -0.15) is 5.10 Å². The van der Waals surface area contributed by atoms with Crippen molar-refractivity contribution in [2.75, 3.05) is 27.2 Å². The molecule has 0 atom stereocenters. The molecule has 3 aromatic rings. The summed E-state index contributed by atoms with van der Waals surface area (Å²) in [4.78, 5) is 14.8. The third-order valence-corrected chi connectivity index (χ3v) is 4.13. The van der Waals surface area contributed by atoms with Crippen molar-refractivity contribution >= 4 is 5.91 Å². The number of aromatic nitrogens is 2. The van der Waals surface area contributed by atoms with Gasteiger partial charge in [0, 0.05) is 18.7 Å². The van der Waals surface area contributed by atoms with Crippen LogP contribution in [-0.4, -0.2) is 47.8 Å². The molecule has 1 N–H and O–H groups in total. The van der Waals surface area contributed by atoms with E-state index in [0.717, 1.165) is 23.5 Å². The van der Waals surface area contributed by atoms with E-state index in [1.54, 1.807) is 4.68 Å². The van der Waals surface area contributed by atoms with Crippen LogP contribution in [0, 0.1) is 6.92 Å². The summed E-state index contributed by atoms with van der Waals surface area (Å²) in [5, 5.41) is 7.67. The van der Waals surface area contributed by atoms with Crippen LogP contribution in [0.3, 0.4) is 0 Å². The lowest BCUT2D eigenvalue weighted by molar-refractivity contribution is 0.0943. The zero-order valence-electron chi connectivity index (χ0n) is 15.4. The Labute approximate surface area is 154 Å². The number of aryl methyl sites for hydroxylation is 1. The smallest absolute Gasteiger partial charge is 0.270 e. The van der Waals surface area contributed by atoms with E-state index in [1.165, 1.54) is 5.56 Å². The van der Waals surface area contributed by atoms with Gasteiger partial charge in [-0.3, -0.25) is 4.79 Å². The molecule has 0 saturated heterocycles. The van der Waals surface area contributed by atoms with Gasteiger partial charge in [-0.1, -0.05) is 48.0 Å². The summed E-state index contributed by atoms with van der Waals surface area (Å²) in [6.45, 7) is 3.42. The van der Waals surface area contributed by atoms with Crippen LogP contribution in [0.2, 0.25) is 0 Å². The molecule has 0 unspecified atom stereocenters. The minimum atomic E-state index is -0.123. The maximum atomic E-state index is 12.7. The summed E-state index contributed by atoms with van der Waals surface area (Å²) in [6.07, 6.45) is 0. The van der Waals surface area contributed by atoms with Crippen molar-refractivity contribution in [2.24, 2.45) is 0 Å². The molecule has 0 saturated carbocycles. The number of carbonyl (C=O) groups excluding carboxylic acids is 1. The van der Waals surface area contributed by atoms with E-state index >= 15 is 0 Å². The topological polar surface area (TPSA) is 50.2 Å². The van der Waals surface area contributed by atoms with Gasteiger partial charge in [0.1, 0.15) is 5.69 Å². The van der Waals surface area contributed by atoms with E-state index in [1.807, 2.05) is 86.6 Å². The fourth-order valence-electron chi connectivity index (χ4n) is 2.66. The molecule has 5 nitrogen and oxygen atoms in total. The van der Waals surface area contributed by atoms with Crippen molar-refractivity contribution in [2.45, 2.75) is 6.92 Å². The summed E-state index contributed by atoms with van der Waals surface area (Å²) < 4.78 is 1.72. The Bertz CT molecular complexity index is 867. The van der Waals surface area contributed by atoms with Gasteiger partial charge < -0.3 is 10.2 Å². The Kier molecular flexibility index (Phi) is 5.49. The molecular weight excluding hydrogens is 324 g/mol. The van der Waals surface area contributed by atoms with Crippen LogP contribution in [0.4, 0.5) is 0 Å². The summed E-state index contributed by atoms with van der Waals surface area (Å²) in [5.74, 6) is -0.123. The summed E-state index contributed by atoms with van der Waals surface area (Å²) in [6, 6.07) is 19.7. The lowest BCUT2D eigenvalue weighted by Gasteiger charge is -2.11. The standard InChI is InChI=1S/C21H24N4O/c1-16-9-11-18(12-10-16)25-20(21(26)22-13-14-24(2)3)15-19(23-25)17-7-5-4-6-8-17/h4-12,15H,13-14H2,1-3H3,(H,22,26). The zero-order chi connectivity index (χ0) is 18.5. The number of likely N-dealkylation sites (N-methyl/N-ethyl adjacent to an activating group) is 1. The second-order valence-electron chi connectivity index (χ2n) is 6.59. The first-order chi connectivity index (χ1) is 12.5. The first-order valence-corrected chi connectivity index (χ1v) is 8.70. The highest BCUT2D eigenvalue weighted by Crippen LogP contribution is 2.22. The van der Waals surface area contributed by atoms with Gasteiger partial charge >= 0.3 is 0 Å². The van der Waals surface area contributed by atoms with Crippen molar-refractivity contribution in [3.63, 3.8) is 0 Å². The fraction of sp³-hybridized carbons (Fsp3) is 0.238. The Hall–Kier alpha value is -2.92. The van der Waals surface area contributed by atoms with Crippen LogP contribution in [0.5, 0.6) is 0 Å². The number of carbonyl (C=O) groups is 1. The number of amides is 1. The number of nitrogens with one attached hydrogen (secondary N) is 1. The van der Waals surface area contributed by atoms with Crippen LogP contribution in [-0.2, 0) is 0 Å². The van der Waals surface area contributed by atoms with Gasteiger partial charge in [-0.25, -0.2) is 4.68 Å². The Balaban J connectivity index is 1.96. The number of hydrogen-bond donors (Lipinski definition) is 1. The number of hydrogen-bond acceptors (Lipinski definition) is 3. The summed E-state index contributed by atoms with van der Waals surface area (Å²) in [7, 11) is 3.96. The summed E-state index contributed by atoms with van der Waals surface area (Å²) >= 11 is 0. The molecule has 1 aromatic heterocycles. The van der Waals surface area contributed by atoms with Crippen LogP contribution >= 0.6 is 0 Å². The van der Waals surface area contributed by atoms with Crippen molar-refractivity contribution < 1.29 is 4.79 Å². The lowest BCUT2D eigenvalue weighted by atomic mass is 10.1. The van der Waals surface area contributed by atoms with Crippen LogP contribution in [0.25, 0.3) is 16.9 Å². The van der Waals surface area contributed by atoms with Crippen LogP contribution < -0.4 is 5.32 Å². The minimum absolute atomic E-state index is 0.123. The highest BCUT2D eigenvalue weighted by Gasteiger charge is 2.17. The number of benzene rings is 2. The van der Waals surface area contributed by atoms with Gasteiger partial charge in [0.2, 0.25) is 0 Å². The average Bonchev–Trinajstić information content (AvgIpc) is 3.08. The molecule has 3 rings (SSSR count). The largest absolute Gasteiger partial charge is 0.349 e. The van der Waals surface area contributed by atoms with E-state index in [9.17, 15) is 4.79 Å². The summed E-state index contributed by atoms with van der Waals surface area (Å²) in [5.41, 5.74) is 4.34. The molecule has 0 bridgehead atoms. The molecular formula is C21H24N4O. The van der Waals surface area contributed by atoms with E-state index in [0.29, 0.717) is 12.2 Å². The van der Waals surface area contributed by atoms with Gasteiger partial charge in [-0.15, -0.1) is 0 Å². The molecule has 0 aliphatic rings. The molecule has 2 aromatic carbocycles. The molecule has 0 aliphatic carbocycles. The Morgan fingerprint density at radius 3 is 2.42 bits per heavy atom. The first-order valence-electron chi connectivity index (χ1n) is 8.70. The van der Waals surface area contributed by atoms with E-state index < -0.39 is 0 Å².